The zero-order valence-corrected chi connectivity index (χ0v) is 10.4. The van der Waals surface area contributed by atoms with E-state index in [-0.39, 0.29) is 0 Å². The highest BCUT2D eigenvalue weighted by atomic mass is 35.5. The molecular formula is C8H13Cl3O3. The van der Waals surface area contributed by atoms with E-state index in [2.05, 4.69) is 0 Å². The molecule has 0 bridgehead atoms. The van der Waals surface area contributed by atoms with Gasteiger partial charge in [0.25, 0.3) is 0 Å². The van der Waals surface area contributed by atoms with E-state index in [1.54, 1.807) is 20.8 Å². The third-order valence-corrected chi connectivity index (χ3v) is 3.44. The summed E-state index contributed by atoms with van der Waals surface area (Å²) >= 11 is 17.9. The molecule has 0 aliphatic carbocycles. The summed E-state index contributed by atoms with van der Waals surface area (Å²) in [7, 11) is 0. The maximum Gasteiger partial charge on any atom is 0.197 e. The van der Waals surface area contributed by atoms with E-state index in [1.807, 2.05) is 0 Å². The van der Waals surface area contributed by atoms with E-state index in [9.17, 15) is 0 Å². The minimum absolute atomic E-state index is 0.406. The summed E-state index contributed by atoms with van der Waals surface area (Å²) in [6.07, 6.45) is -1.59. The number of halogens is 3. The third kappa shape index (κ3) is 2.87. The SMILES string of the molecule is CC1OC(C)OC(C(Cl)(Cl)C(C)Cl)O1. The maximum absolute atomic E-state index is 6.01. The first-order chi connectivity index (χ1) is 6.34. The third-order valence-electron chi connectivity index (χ3n) is 1.86. The Morgan fingerprint density at radius 1 is 1.07 bits per heavy atom. The number of ether oxygens (including phenoxy) is 3. The minimum atomic E-state index is -1.28. The van der Waals surface area contributed by atoms with Gasteiger partial charge in [-0.05, 0) is 20.8 Å². The summed E-state index contributed by atoms with van der Waals surface area (Å²) in [4.78, 5) is 0. The van der Waals surface area contributed by atoms with Gasteiger partial charge in [-0.25, -0.2) is 0 Å². The van der Waals surface area contributed by atoms with Crippen molar-refractivity contribution in [1.29, 1.82) is 0 Å². The lowest BCUT2D eigenvalue weighted by atomic mass is 10.3. The lowest BCUT2D eigenvalue weighted by Crippen LogP contribution is -2.49. The quantitative estimate of drug-likeness (QED) is 0.717. The van der Waals surface area contributed by atoms with Crippen LogP contribution >= 0.6 is 34.8 Å². The van der Waals surface area contributed by atoms with Gasteiger partial charge in [0, 0.05) is 0 Å². The van der Waals surface area contributed by atoms with Gasteiger partial charge in [0.1, 0.15) is 0 Å². The molecule has 0 aromatic heterocycles. The predicted octanol–water partition coefficient (Wildman–Crippen LogP) is 2.87. The fourth-order valence-electron chi connectivity index (χ4n) is 1.08. The average Bonchev–Trinajstić information content (AvgIpc) is 2.01. The Hall–Kier alpha value is 0.750. The number of hydrogen-bond donors (Lipinski definition) is 0. The lowest BCUT2D eigenvalue weighted by Gasteiger charge is -2.39. The number of rotatable bonds is 2. The average molecular weight is 264 g/mol. The van der Waals surface area contributed by atoms with Crippen molar-refractivity contribution in [2.45, 2.75) is 49.4 Å². The second-order valence-corrected chi connectivity index (χ2v) is 5.26. The van der Waals surface area contributed by atoms with E-state index in [0.29, 0.717) is 0 Å². The summed E-state index contributed by atoms with van der Waals surface area (Å²) in [5, 5.41) is -0.492. The van der Waals surface area contributed by atoms with Gasteiger partial charge in [0.2, 0.25) is 0 Å². The molecule has 1 aliphatic rings. The fraction of sp³-hybridized carbons (Fsp3) is 1.00. The van der Waals surface area contributed by atoms with Crippen molar-refractivity contribution in [2.24, 2.45) is 0 Å². The van der Waals surface area contributed by atoms with E-state index in [4.69, 9.17) is 49.0 Å². The highest BCUT2D eigenvalue weighted by Gasteiger charge is 2.45. The highest BCUT2D eigenvalue weighted by Crippen LogP contribution is 2.38. The standard InChI is InChI=1S/C8H13Cl3O3/c1-4(9)8(10,11)7-13-5(2)12-6(3)14-7/h4-7H,1-3H3. The molecule has 84 valence electrons. The first-order valence-electron chi connectivity index (χ1n) is 4.32. The second kappa shape index (κ2) is 4.73. The van der Waals surface area contributed by atoms with Gasteiger partial charge in [-0.1, -0.05) is 23.2 Å². The minimum Gasteiger partial charge on any atom is -0.324 e. The smallest absolute Gasteiger partial charge is 0.197 e. The van der Waals surface area contributed by atoms with Gasteiger partial charge < -0.3 is 14.2 Å². The molecule has 3 unspecified atom stereocenters. The van der Waals surface area contributed by atoms with Crippen LogP contribution in [0.15, 0.2) is 0 Å². The van der Waals surface area contributed by atoms with Crippen LogP contribution in [0.5, 0.6) is 0 Å². The fourth-order valence-corrected chi connectivity index (χ4v) is 1.39. The van der Waals surface area contributed by atoms with Gasteiger partial charge in [0.05, 0.1) is 5.38 Å². The van der Waals surface area contributed by atoms with Gasteiger partial charge >= 0.3 is 0 Å². The second-order valence-electron chi connectivity index (χ2n) is 3.17. The normalized spacial score (nSPS) is 36.9. The predicted molar refractivity (Wildman–Crippen MR) is 55.7 cm³/mol. The zero-order valence-electron chi connectivity index (χ0n) is 8.17. The Morgan fingerprint density at radius 2 is 1.50 bits per heavy atom. The van der Waals surface area contributed by atoms with E-state index < -0.39 is 28.6 Å². The summed E-state index contributed by atoms with van der Waals surface area (Å²) in [5.74, 6) is 0. The molecule has 1 heterocycles. The van der Waals surface area contributed by atoms with Crippen LogP contribution < -0.4 is 0 Å². The van der Waals surface area contributed by atoms with Crippen LogP contribution in [0.2, 0.25) is 0 Å². The Labute approximate surface area is 98.5 Å². The first-order valence-corrected chi connectivity index (χ1v) is 5.51. The molecule has 0 spiro atoms. The van der Waals surface area contributed by atoms with Gasteiger partial charge in [-0.3, -0.25) is 0 Å². The topological polar surface area (TPSA) is 27.7 Å². The number of hydrogen-bond acceptors (Lipinski definition) is 3. The van der Waals surface area contributed by atoms with Crippen molar-refractivity contribution >= 4 is 34.8 Å². The van der Waals surface area contributed by atoms with Gasteiger partial charge in [-0.2, -0.15) is 0 Å². The molecule has 14 heavy (non-hydrogen) atoms. The first kappa shape index (κ1) is 12.8. The van der Waals surface area contributed by atoms with Crippen LogP contribution in [0, 0.1) is 0 Å². The van der Waals surface area contributed by atoms with Crippen molar-refractivity contribution in [1.82, 2.24) is 0 Å². The molecule has 0 aromatic carbocycles. The summed E-state index contributed by atoms with van der Waals surface area (Å²) in [6, 6.07) is 0. The lowest BCUT2D eigenvalue weighted by molar-refractivity contribution is -0.375. The molecule has 0 amide bonds. The molecule has 3 atom stereocenters. The molecule has 0 radical (unpaired) electrons. The molecule has 1 aliphatic heterocycles. The van der Waals surface area contributed by atoms with Crippen LogP contribution in [0.1, 0.15) is 20.8 Å². The van der Waals surface area contributed by atoms with E-state index in [0.717, 1.165) is 0 Å². The Kier molecular flexibility index (Phi) is 4.33. The van der Waals surface area contributed by atoms with Gasteiger partial charge in [-0.15, -0.1) is 11.6 Å². The van der Waals surface area contributed by atoms with E-state index in [1.165, 1.54) is 0 Å². The molecule has 1 saturated heterocycles. The molecule has 0 saturated carbocycles. The zero-order chi connectivity index (χ0) is 10.9. The van der Waals surface area contributed by atoms with Crippen LogP contribution in [0.3, 0.4) is 0 Å². The Bertz CT molecular complexity index is 188. The molecule has 1 fully saturated rings. The van der Waals surface area contributed by atoms with Crippen LogP contribution in [0.4, 0.5) is 0 Å². The van der Waals surface area contributed by atoms with Crippen molar-refractivity contribution in [3.8, 4) is 0 Å². The molecule has 0 aromatic rings. The van der Waals surface area contributed by atoms with Crippen LogP contribution in [0.25, 0.3) is 0 Å². The maximum atomic E-state index is 6.01. The van der Waals surface area contributed by atoms with Crippen molar-refractivity contribution in [3.05, 3.63) is 0 Å². The summed E-state index contributed by atoms with van der Waals surface area (Å²) in [6.45, 7) is 5.17. The molecular weight excluding hydrogens is 250 g/mol. The monoisotopic (exact) mass is 262 g/mol. The molecule has 1 rings (SSSR count). The van der Waals surface area contributed by atoms with Crippen LogP contribution in [-0.2, 0) is 14.2 Å². The molecule has 3 nitrogen and oxygen atoms in total. The largest absolute Gasteiger partial charge is 0.324 e. The van der Waals surface area contributed by atoms with Gasteiger partial charge in [0.15, 0.2) is 23.2 Å². The highest BCUT2D eigenvalue weighted by molar-refractivity contribution is 6.52. The van der Waals surface area contributed by atoms with Crippen molar-refractivity contribution in [2.75, 3.05) is 0 Å². The van der Waals surface area contributed by atoms with Crippen LogP contribution in [-0.4, -0.2) is 28.6 Å². The van der Waals surface area contributed by atoms with Crippen molar-refractivity contribution in [3.63, 3.8) is 0 Å². The van der Waals surface area contributed by atoms with E-state index >= 15 is 0 Å². The number of alkyl halides is 3. The molecule has 0 N–H and O–H groups in total. The van der Waals surface area contributed by atoms with Crippen molar-refractivity contribution < 1.29 is 14.2 Å². The Balaban J connectivity index is 2.67. The Morgan fingerprint density at radius 3 is 1.86 bits per heavy atom. The molecule has 6 heteroatoms. The summed E-state index contributed by atoms with van der Waals surface area (Å²) < 4.78 is 14.5. The summed E-state index contributed by atoms with van der Waals surface area (Å²) in [5.41, 5.74) is 0.